The number of allylic oxidation sites excluding steroid dienone is 1. The van der Waals surface area contributed by atoms with Crippen LogP contribution < -0.4 is 4.90 Å². The molecule has 8 aromatic carbocycles. The zero-order chi connectivity index (χ0) is 37.2. The Bertz CT molecular complexity index is 3150. The van der Waals surface area contributed by atoms with Crippen LogP contribution in [0.1, 0.15) is 17.4 Å². The van der Waals surface area contributed by atoms with E-state index < -0.39 is 0 Å². The minimum Gasteiger partial charge on any atom is -0.310 e. The molecular weight excluding hydrogens is 715 g/mol. The van der Waals surface area contributed by atoms with E-state index in [1.54, 1.807) is 0 Å². The second-order valence-corrected chi connectivity index (χ2v) is 17.2. The Hall–Kier alpha value is -6.26. The monoisotopic (exact) mass is 751 g/mol. The van der Waals surface area contributed by atoms with Gasteiger partial charge in [0.05, 0.1) is 5.69 Å². The lowest BCUT2D eigenvalue weighted by atomic mass is 9.94. The highest BCUT2D eigenvalue weighted by atomic mass is 32.1. The lowest BCUT2D eigenvalue weighted by Crippen LogP contribution is -2.11. The molecule has 0 amide bonds. The van der Waals surface area contributed by atoms with Crippen molar-refractivity contribution in [2.75, 3.05) is 4.90 Å². The van der Waals surface area contributed by atoms with Crippen molar-refractivity contribution < 1.29 is 0 Å². The molecule has 11 rings (SSSR count). The van der Waals surface area contributed by atoms with E-state index in [9.17, 15) is 0 Å². The van der Waals surface area contributed by atoms with E-state index in [4.69, 9.17) is 0 Å². The largest absolute Gasteiger partial charge is 0.310 e. The summed E-state index contributed by atoms with van der Waals surface area (Å²) in [6, 6.07) is 65.1. The average Bonchev–Trinajstić information content (AvgIpc) is 3.82. The van der Waals surface area contributed by atoms with Gasteiger partial charge >= 0.3 is 0 Å². The fraction of sp³-hybridized carbons (Fsp3) is 0.0566. The van der Waals surface area contributed by atoms with Crippen molar-refractivity contribution in [2.45, 2.75) is 13.3 Å². The normalized spacial score (nSPS) is 13.8. The number of thiophene rings is 2. The van der Waals surface area contributed by atoms with Crippen LogP contribution in [0.5, 0.6) is 0 Å². The van der Waals surface area contributed by atoms with E-state index >= 15 is 0 Å². The third-order valence-electron chi connectivity index (χ3n) is 11.4. The molecular formula is C53H37NS2. The number of hydrogen-bond acceptors (Lipinski definition) is 3. The quantitative estimate of drug-likeness (QED) is 0.164. The van der Waals surface area contributed by atoms with Crippen LogP contribution in [0.25, 0.3) is 80.5 Å². The van der Waals surface area contributed by atoms with Gasteiger partial charge in [0.15, 0.2) is 0 Å². The van der Waals surface area contributed by atoms with Gasteiger partial charge in [0.25, 0.3) is 0 Å². The minimum atomic E-state index is 0.561. The molecule has 10 aromatic rings. The Kier molecular flexibility index (Phi) is 7.98. The summed E-state index contributed by atoms with van der Waals surface area (Å²) in [4.78, 5) is 3.99. The van der Waals surface area contributed by atoms with Gasteiger partial charge in [-0.05, 0) is 105 Å². The molecule has 1 atom stereocenters. The van der Waals surface area contributed by atoms with Crippen molar-refractivity contribution in [3.63, 3.8) is 0 Å². The SMILES string of the molecule is CC1C=Cc2c(sc3ccc(N(c4cccc(-c5cccc6c5sc5ccccc56)c4)c4cc(-c5ccc6ccccc6c5)ccc4-c4ccccc4)cc23)C1. The Morgan fingerprint density at radius 1 is 0.482 bits per heavy atom. The molecule has 0 aliphatic heterocycles. The highest BCUT2D eigenvalue weighted by Crippen LogP contribution is 2.47. The lowest BCUT2D eigenvalue weighted by molar-refractivity contribution is 0.728. The molecule has 0 N–H and O–H groups in total. The van der Waals surface area contributed by atoms with Gasteiger partial charge < -0.3 is 4.90 Å². The molecule has 0 fully saturated rings. The Balaban J connectivity index is 1.16. The van der Waals surface area contributed by atoms with Crippen LogP contribution in [0.4, 0.5) is 17.1 Å². The fourth-order valence-corrected chi connectivity index (χ4v) is 11.1. The molecule has 0 radical (unpaired) electrons. The summed E-state index contributed by atoms with van der Waals surface area (Å²) < 4.78 is 3.99. The van der Waals surface area contributed by atoms with Gasteiger partial charge in [-0.1, -0.05) is 146 Å². The molecule has 0 bridgehead atoms. The minimum absolute atomic E-state index is 0.561. The van der Waals surface area contributed by atoms with E-state index in [0.29, 0.717) is 5.92 Å². The molecule has 3 heteroatoms. The van der Waals surface area contributed by atoms with E-state index in [1.165, 1.54) is 84.9 Å². The molecule has 0 spiro atoms. The van der Waals surface area contributed by atoms with Crippen LogP contribution >= 0.6 is 22.7 Å². The second-order valence-electron chi connectivity index (χ2n) is 15.0. The van der Waals surface area contributed by atoms with Crippen molar-refractivity contribution in [3.8, 4) is 33.4 Å². The second kappa shape index (κ2) is 13.5. The molecule has 1 aliphatic rings. The lowest BCUT2D eigenvalue weighted by Gasteiger charge is -2.29. The van der Waals surface area contributed by atoms with E-state index in [0.717, 1.165) is 23.5 Å². The number of benzene rings is 8. The Morgan fingerprint density at radius 2 is 1.21 bits per heavy atom. The molecule has 0 saturated carbocycles. The van der Waals surface area contributed by atoms with E-state index in [1.807, 2.05) is 22.7 Å². The maximum atomic E-state index is 2.50. The number of fused-ring (bicyclic) bond motifs is 7. The van der Waals surface area contributed by atoms with Crippen LogP contribution in [0.2, 0.25) is 0 Å². The van der Waals surface area contributed by atoms with Crippen molar-refractivity contribution >= 4 is 86.8 Å². The fourth-order valence-electron chi connectivity index (χ4n) is 8.59. The van der Waals surface area contributed by atoms with E-state index in [-0.39, 0.29) is 0 Å². The number of hydrogen-bond donors (Lipinski definition) is 0. The first-order valence-corrected chi connectivity index (χ1v) is 21.0. The molecule has 0 saturated heterocycles. The number of rotatable bonds is 6. The maximum absolute atomic E-state index is 2.50. The van der Waals surface area contributed by atoms with Gasteiger partial charge in [0, 0.05) is 52.1 Å². The smallest absolute Gasteiger partial charge is 0.0546 e. The van der Waals surface area contributed by atoms with Crippen LogP contribution in [0.15, 0.2) is 182 Å². The summed E-state index contributed by atoms with van der Waals surface area (Å²) in [7, 11) is 0. The standard InChI is InChI=1S/C53H37NS2/c1-34-21-26-46-48-33-42(25-28-51(48)55-52(46)29-34)54(41-16-9-15-40(31-41)44-18-10-19-47-45-17-7-8-20-50(45)56-53(44)47)49-32-39(24-27-43(49)36-12-3-2-4-13-36)38-23-22-35-11-5-6-14-37(35)30-38/h2-28,30-34H,29H2,1H3. The van der Waals surface area contributed by atoms with Gasteiger partial charge in [0.2, 0.25) is 0 Å². The predicted octanol–water partition coefficient (Wildman–Crippen LogP) is 16.1. The van der Waals surface area contributed by atoms with Crippen LogP contribution in [0.3, 0.4) is 0 Å². The average molecular weight is 752 g/mol. The molecule has 1 aliphatic carbocycles. The third kappa shape index (κ3) is 5.66. The molecule has 1 unspecified atom stereocenters. The molecule has 2 heterocycles. The van der Waals surface area contributed by atoms with Gasteiger partial charge in [0.1, 0.15) is 0 Å². The number of nitrogens with zero attached hydrogens (tertiary/aromatic N) is 1. The van der Waals surface area contributed by atoms with Gasteiger partial charge in [-0.3, -0.25) is 0 Å². The Morgan fingerprint density at radius 3 is 2.14 bits per heavy atom. The Labute approximate surface area is 335 Å². The predicted molar refractivity (Wildman–Crippen MR) is 245 cm³/mol. The molecule has 56 heavy (non-hydrogen) atoms. The van der Waals surface area contributed by atoms with Crippen molar-refractivity contribution in [3.05, 3.63) is 192 Å². The summed E-state index contributed by atoms with van der Waals surface area (Å²) in [5, 5.41) is 6.46. The topological polar surface area (TPSA) is 3.24 Å². The van der Waals surface area contributed by atoms with Gasteiger partial charge in [-0.25, -0.2) is 0 Å². The maximum Gasteiger partial charge on any atom is 0.0546 e. The zero-order valence-electron chi connectivity index (χ0n) is 30.9. The van der Waals surface area contributed by atoms with Crippen molar-refractivity contribution in [2.24, 2.45) is 5.92 Å². The first-order valence-electron chi connectivity index (χ1n) is 19.4. The summed E-state index contributed by atoms with van der Waals surface area (Å²) >= 11 is 3.84. The molecule has 2 aromatic heterocycles. The highest BCUT2D eigenvalue weighted by molar-refractivity contribution is 7.26. The van der Waals surface area contributed by atoms with Crippen molar-refractivity contribution in [1.29, 1.82) is 0 Å². The molecule has 266 valence electrons. The zero-order valence-corrected chi connectivity index (χ0v) is 32.6. The van der Waals surface area contributed by atoms with Crippen LogP contribution in [-0.2, 0) is 6.42 Å². The first kappa shape index (κ1) is 33.1. The van der Waals surface area contributed by atoms with Crippen LogP contribution in [-0.4, -0.2) is 0 Å². The van der Waals surface area contributed by atoms with E-state index in [2.05, 4.69) is 200 Å². The summed E-state index contributed by atoms with van der Waals surface area (Å²) in [5.74, 6) is 0.561. The van der Waals surface area contributed by atoms with Crippen molar-refractivity contribution in [1.82, 2.24) is 0 Å². The first-order chi connectivity index (χ1) is 27.6. The summed E-state index contributed by atoms with van der Waals surface area (Å²) in [6.45, 7) is 2.32. The van der Waals surface area contributed by atoms with Crippen LogP contribution in [0, 0.1) is 5.92 Å². The molecule has 1 nitrogen and oxygen atoms in total. The summed E-state index contributed by atoms with van der Waals surface area (Å²) in [5.41, 5.74) is 12.0. The third-order valence-corrected chi connectivity index (χ3v) is 13.8. The van der Waals surface area contributed by atoms with Gasteiger partial charge in [-0.2, -0.15) is 0 Å². The highest BCUT2D eigenvalue weighted by Gasteiger charge is 2.23. The summed E-state index contributed by atoms with van der Waals surface area (Å²) in [6.07, 6.45) is 5.83. The van der Waals surface area contributed by atoms with Gasteiger partial charge in [-0.15, -0.1) is 22.7 Å². The number of anilines is 3.